The van der Waals surface area contributed by atoms with Crippen LogP contribution in [-0.2, 0) is 29.0 Å². The molecule has 0 radical (unpaired) electrons. The van der Waals surface area contributed by atoms with Gasteiger partial charge in [-0.2, -0.15) is 0 Å². The number of aromatic nitrogens is 1. The highest BCUT2D eigenvalue weighted by Crippen LogP contribution is 2.28. The monoisotopic (exact) mass is 483 g/mol. The predicted molar refractivity (Wildman–Crippen MR) is 130 cm³/mol. The molecule has 4 rings (SSSR count). The lowest BCUT2D eigenvalue weighted by molar-refractivity contribution is -0.147. The zero-order valence-corrected chi connectivity index (χ0v) is 20.6. The Morgan fingerprint density at radius 3 is 2.43 bits per heavy atom. The number of piperidine rings is 1. The fraction of sp³-hybridized carbons (Fsp3) is 0.500. The van der Waals surface area contributed by atoms with Gasteiger partial charge in [0, 0.05) is 50.9 Å². The van der Waals surface area contributed by atoms with Crippen molar-refractivity contribution in [3.8, 4) is 11.5 Å². The number of benzene rings is 1. The number of methoxy groups -OCH3 is 3. The van der Waals surface area contributed by atoms with Crippen molar-refractivity contribution in [1.82, 2.24) is 14.4 Å². The van der Waals surface area contributed by atoms with Gasteiger partial charge < -0.3 is 23.7 Å². The lowest BCUT2D eigenvalue weighted by Crippen LogP contribution is -2.49. The summed E-state index contributed by atoms with van der Waals surface area (Å²) >= 11 is 0. The second-order valence-electron chi connectivity index (χ2n) is 8.93. The molecule has 2 aliphatic heterocycles. The molecule has 1 atom stereocenters. The molecule has 0 spiro atoms. The lowest BCUT2D eigenvalue weighted by atomic mass is 9.99. The van der Waals surface area contributed by atoms with Crippen molar-refractivity contribution >= 4 is 11.9 Å². The molecule has 3 heterocycles. The zero-order chi connectivity index (χ0) is 24.9. The molecule has 2 aliphatic rings. The highest BCUT2D eigenvalue weighted by molar-refractivity contribution is 6.00. The quantitative estimate of drug-likeness (QED) is 0.581. The van der Waals surface area contributed by atoms with Crippen molar-refractivity contribution < 1.29 is 23.8 Å². The van der Waals surface area contributed by atoms with Gasteiger partial charge in [-0.25, -0.2) is 4.79 Å². The number of carbonyl (C=O) groups excluding carboxylic acids is 2. The van der Waals surface area contributed by atoms with Crippen LogP contribution in [0.4, 0.5) is 0 Å². The molecule has 1 aromatic heterocycles. The summed E-state index contributed by atoms with van der Waals surface area (Å²) in [6.07, 6.45) is 2.74. The number of amides is 1. The number of hydrogen-bond donors (Lipinski definition) is 0. The maximum Gasteiger partial charge on any atom is 0.328 e. The van der Waals surface area contributed by atoms with Gasteiger partial charge in [-0.3, -0.25) is 14.5 Å². The van der Waals surface area contributed by atoms with Gasteiger partial charge in [-0.1, -0.05) is 12.1 Å². The summed E-state index contributed by atoms with van der Waals surface area (Å²) in [5.41, 5.74) is 1.98. The first-order valence-electron chi connectivity index (χ1n) is 12.0. The van der Waals surface area contributed by atoms with Crippen LogP contribution in [0, 0.1) is 0 Å². The van der Waals surface area contributed by atoms with Crippen molar-refractivity contribution in [2.24, 2.45) is 0 Å². The van der Waals surface area contributed by atoms with E-state index in [9.17, 15) is 14.4 Å². The zero-order valence-electron chi connectivity index (χ0n) is 20.6. The van der Waals surface area contributed by atoms with Crippen LogP contribution in [0.1, 0.15) is 40.9 Å². The fourth-order valence-corrected chi connectivity index (χ4v) is 5.03. The summed E-state index contributed by atoms with van der Waals surface area (Å²) in [6, 6.07) is 8.69. The number of pyridine rings is 1. The van der Waals surface area contributed by atoms with E-state index in [-0.39, 0.29) is 17.2 Å². The highest BCUT2D eigenvalue weighted by Gasteiger charge is 2.36. The number of esters is 1. The number of likely N-dealkylation sites (tertiary alicyclic amines) is 1. The molecule has 0 unspecified atom stereocenters. The summed E-state index contributed by atoms with van der Waals surface area (Å²) < 4.78 is 17.4. The van der Waals surface area contributed by atoms with E-state index >= 15 is 0 Å². The lowest BCUT2D eigenvalue weighted by Gasteiger charge is -2.34. The summed E-state index contributed by atoms with van der Waals surface area (Å²) in [6.45, 7) is 3.01. The van der Waals surface area contributed by atoms with Gasteiger partial charge in [0.15, 0.2) is 0 Å². The molecule has 0 saturated carbocycles. The molecule has 1 aromatic carbocycles. The highest BCUT2D eigenvalue weighted by atomic mass is 16.5. The Hall–Kier alpha value is -3.33. The van der Waals surface area contributed by atoms with E-state index in [2.05, 4.69) is 4.90 Å². The van der Waals surface area contributed by atoms with Gasteiger partial charge in [0.05, 0.1) is 21.3 Å². The van der Waals surface area contributed by atoms with Crippen molar-refractivity contribution in [3.05, 3.63) is 57.5 Å². The van der Waals surface area contributed by atoms with Gasteiger partial charge in [-0.05, 0) is 37.0 Å². The van der Waals surface area contributed by atoms with Gasteiger partial charge >= 0.3 is 5.97 Å². The molecule has 1 amide bonds. The molecular formula is C26H33N3O6. The normalized spacial score (nSPS) is 18.4. The molecule has 9 heteroatoms. The second-order valence-corrected chi connectivity index (χ2v) is 8.93. The molecule has 0 N–H and O–H groups in total. The summed E-state index contributed by atoms with van der Waals surface area (Å²) in [7, 11) is 4.44. The van der Waals surface area contributed by atoms with E-state index < -0.39 is 12.0 Å². The van der Waals surface area contributed by atoms with Gasteiger partial charge in [0.1, 0.15) is 23.1 Å². The van der Waals surface area contributed by atoms with Crippen LogP contribution in [-0.4, -0.2) is 73.2 Å². The number of fused-ring (bicyclic) bond motifs is 1. The number of nitrogens with zero attached hydrogens (tertiary/aromatic N) is 3. The maximum absolute atomic E-state index is 13.8. The number of hydrogen-bond acceptors (Lipinski definition) is 7. The van der Waals surface area contributed by atoms with Crippen molar-refractivity contribution in [2.75, 3.05) is 41.0 Å². The molecule has 1 saturated heterocycles. The Morgan fingerprint density at radius 1 is 0.971 bits per heavy atom. The molecule has 2 aromatic rings. The summed E-state index contributed by atoms with van der Waals surface area (Å²) in [5, 5.41) is 0. The van der Waals surface area contributed by atoms with E-state index in [1.54, 1.807) is 16.6 Å². The minimum absolute atomic E-state index is 0.192. The van der Waals surface area contributed by atoms with E-state index in [1.165, 1.54) is 20.3 Å². The first-order chi connectivity index (χ1) is 17.0. The van der Waals surface area contributed by atoms with Crippen LogP contribution in [0.2, 0.25) is 0 Å². The van der Waals surface area contributed by atoms with E-state index in [1.807, 2.05) is 24.3 Å². The van der Waals surface area contributed by atoms with Crippen LogP contribution in [0.5, 0.6) is 11.5 Å². The Morgan fingerprint density at radius 2 is 1.74 bits per heavy atom. The van der Waals surface area contributed by atoms with Gasteiger partial charge in [0.25, 0.3) is 11.5 Å². The van der Waals surface area contributed by atoms with Crippen LogP contribution < -0.4 is 15.0 Å². The molecule has 188 valence electrons. The molecule has 0 bridgehead atoms. The third-order valence-corrected chi connectivity index (χ3v) is 6.92. The molecule has 0 aliphatic carbocycles. The van der Waals surface area contributed by atoms with Crippen molar-refractivity contribution in [3.63, 3.8) is 0 Å². The molecule has 35 heavy (non-hydrogen) atoms. The standard InChI is InChI=1S/C26H33N3O6/c1-33-19-9-7-18(8-10-19)17-27-13-11-20-24(22(34-2)16-23(30)28(20)15-14-27)25(31)29-12-5-4-6-21(29)26(32)35-3/h7-10,16,21H,4-6,11-15,17H2,1-3H3/t21-/m1/s1. The molecule has 9 nitrogen and oxygen atoms in total. The summed E-state index contributed by atoms with van der Waals surface area (Å²) in [5.74, 6) is 0.358. The first kappa shape index (κ1) is 24.8. The topological polar surface area (TPSA) is 90.3 Å². The Kier molecular flexibility index (Phi) is 7.75. The average Bonchev–Trinajstić information content (AvgIpc) is 3.11. The Balaban J connectivity index is 1.63. The molecule has 1 fully saturated rings. The Bertz CT molecular complexity index is 1130. The van der Waals surface area contributed by atoms with E-state index in [4.69, 9.17) is 14.2 Å². The van der Waals surface area contributed by atoms with Crippen molar-refractivity contribution in [1.29, 1.82) is 0 Å². The van der Waals surface area contributed by atoms with Crippen LogP contribution >= 0.6 is 0 Å². The van der Waals surface area contributed by atoms with E-state index in [0.717, 1.165) is 30.7 Å². The maximum atomic E-state index is 13.8. The predicted octanol–water partition coefficient (Wildman–Crippen LogP) is 2.09. The SMILES string of the molecule is COC(=O)[C@H]1CCCCN1C(=O)c1c(OC)cc(=O)n2c1CCN(Cc1ccc(OC)cc1)CC2. The first-order valence-corrected chi connectivity index (χ1v) is 12.0. The minimum Gasteiger partial charge on any atom is -0.497 e. The van der Waals surface area contributed by atoms with Gasteiger partial charge in [0.2, 0.25) is 0 Å². The van der Waals surface area contributed by atoms with Crippen LogP contribution in [0.15, 0.2) is 35.1 Å². The van der Waals surface area contributed by atoms with Gasteiger partial charge in [-0.15, -0.1) is 0 Å². The minimum atomic E-state index is -0.629. The smallest absolute Gasteiger partial charge is 0.328 e. The second kappa shape index (κ2) is 10.9. The van der Waals surface area contributed by atoms with Crippen molar-refractivity contribution in [2.45, 2.75) is 44.8 Å². The van der Waals surface area contributed by atoms with Crippen LogP contribution in [0.25, 0.3) is 0 Å². The number of ether oxygens (including phenoxy) is 3. The molecular weight excluding hydrogens is 450 g/mol. The average molecular weight is 484 g/mol. The fourth-order valence-electron chi connectivity index (χ4n) is 5.03. The van der Waals surface area contributed by atoms with Crippen LogP contribution in [0.3, 0.4) is 0 Å². The number of carbonyl (C=O) groups is 2. The summed E-state index contributed by atoms with van der Waals surface area (Å²) in [4.78, 5) is 43.0. The Labute approximate surface area is 205 Å². The number of rotatable bonds is 6. The third kappa shape index (κ3) is 5.19. The van der Waals surface area contributed by atoms with E-state index in [0.29, 0.717) is 50.3 Å². The largest absolute Gasteiger partial charge is 0.497 e. The third-order valence-electron chi connectivity index (χ3n) is 6.92.